The summed E-state index contributed by atoms with van der Waals surface area (Å²) in [5.41, 5.74) is -1.61. The van der Waals surface area contributed by atoms with Crippen LogP contribution in [-0.2, 0) is 47.3 Å². The van der Waals surface area contributed by atoms with Gasteiger partial charge in [0.2, 0.25) is 0 Å². The van der Waals surface area contributed by atoms with Gasteiger partial charge in [-0.2, -0.15) is 0 Å². The molecule has 0 saturated heterocycles. The molecule has 2 N–H and O–H groups in total. The molecule has 66 heavy (non-hydrogen) atoms. The summed E-state index contributed by atoms with van der Waals surface area (Å²) < 4.78 is 55.1. The van der Waals surface area contributed by atoms with Gasteiger partial charge in [-0.1, -0.05) is 0 Å². The Labute approximate surface area is 378 Å². The summed E-state index contributed by atoms with van der Waals surface area (Å²) in [5.74, 6) is -3.89. The molecule has 20 nitrogen and oxygen atoms in total. The van der Waals surface area contributed by atoms with Gasteiger partial charge < -0.3 is 29.6 Å². The molecular formula is C44H56F2N8O12. The van der Waals surface area contributed by atoms with Crippen LogP contribution in [0.1, 0.15) is 47.4 Å². The number of hydrogen-bond acceptors (Lipinski definition) is 16. The van der Waals surface area contributed by atoms with Gasteiger partial charge in [-0.3, -0.25) is 47.2 Å². The highest BCUT2D eigenvalue weighted by Crippen LogP contribution is 2.20. The number of halogens is 2. The zero-order valence-corrected chi connectivity index (χ0v) is 37.9. The van der Waals surface area contributed by atoms with E-state index >= 15 is 0 Å². The predicted octanol–water partition coefficient (Wildman–Crippen LogP) is 1.32. The summed E-state index contributed by atoms with van der Waals surface area (Å²) in [6, 6.07) is 10.4. The molecular weight excluding hydrogens is 871 g/mol. The minimum Gasteiger partial charge on any atom is -0.490 e. The van der Waals surface area contributed by atoms with E-state index in [-0.39, 0.29) is 98.4 Å². The average Bonchev–Trinajstić information content (AvgIpc) is 3.28. The Balaban J connectivity index is 1.30. The fourth-order valence-electron chi connectivity index (χ4n) is 6.43. The standard InChI is InChI=1S/C44H56F2N8O12/c1-29(55)31-9-11-35(33(45)25-31)63-21-7-15-53(17-13-47-37-27-39(57)51(5)43(61)49(37)3)19-23-65-41(59)42(60)66-24-20-54(18-14-48-38-28-40(58)52(6)44(62)50(38)4)16-8-22-64-36-12-10-32(30(2)56)26-34(36)46/h9-12,25-28,47-48H,7-8,13-24H2,1-6H3. The maximum atomic E-state index is 14.5. The lowest BCUT2D eigenvalue weighted by atomic mass is 10.1. The smallest absolute Gasteiger partial charge is 0.417 e. The van der Waals surface area contributed by atoms with Crippen molar-refractivity contribution < 1.29 is 46.9 Å². The number of ketones is 2. The first kappa shape index (κ1) is 51.7. The maximum absolute atomic E-state index is 14.5. The third-order valence-corrected chi connectivity index (χ3v) is 10.4. The van der Waals surface area contributed by atoms with Crippen molar-refractivity contribution in [3.63, 3.8) is 0 Å². The van der Waals surface area contributed by atoms with Crippen LogP contribution < -0.4 is 42.6 Å². The molecule has 0 unspecified atom stereocenters. The molecule has 4 rings (SSSR count). The molecule has 0 saturated carbocycles. The van der Waals surface area contributed by atoms with Gasteiger partial charge in [-0.05, 0) is 63.1 Å². The van der Waals surface area contributed by atoms with E-state index < -0.39 is 46.1 Å². The summed E-state index contributed by atoms with van der Waals surface area (Å²) >= 11 is 0. The average molecular weight is 927 g/mol. The summed E-state index contributed by atoms with van der Waals surface area (Å²) in [4.78, 5) is 101. The van der Waals surface area contributed by atoms with Gasteiger partial charge in [0.25, 0.3) is 11.1 Å². The SMILES string of the molecule is CC(=O)c1ccc(OCCCN(CCNc2cc(=O)n(C)c(=O)n2C)CCOC(=O)C(=O)OCCN(CCCOc2ccc(C(C)=O)cc2F)CCNc2cc(=O)n(C)c(=O)n2C)c(F)c1. The lowest BCUT2D eigenvalue weighted by Gasteiger charge is -2.23. The number of carbonyl (C=O) groups is 4. The van der Waals surface area contributed by atoms with Gasteiger partial charge in [0.1, 0.15) is 24.8 Å². The Morgan fingerprint density at radius 2 is 0.909 bits per heavy atom. The third kappa shape index (κ3) is 15.1. The second-order valence-corrected chi connectivity index (χ2v) is 15.2. The fourth-order valence-corrected chi connectivity index (χ4v) is 6.43. The van der Waals surface area contributed by atoms with Crippen molar-refractivity contribution in [1.82, 2.24) is 28.1 Å². The van der Waals surface area contributed by atoms with Gasteiger partial charge in [-0.25, -0.2) is 28.0 Å². The van der Waals surface area contributed by atoms with Crippen molar-refractivity contribution in [3.05, 3.63) is 113 Å². The second kappa shape index (κ2) is 24.9. The van der Waals surface area contributed by atoms with E-state index in [2.05, 4.69) is 10.6 Å². The molecule has 0 aliphatic rings. The molecule has 358 valence electrons. The van der Waals surface area contributed by atoms with Crippen molar-refractivity contribution in [2.75, 3.05) is 89.4 Å². The van der Waals surface area contributed by atoms with Crippen LogP contribution in [-0.4, -0.2) is 130 Å². The lowest BCUT2D eigenvalue weighted by molar-refractivity contribution is -0.168. The number of nitrogens with zero attached hydrogens (tertiary/aromatic N) is 6. The highest BCUT2D eigenvalue weighted by Gasteiger charge is 2.19. The predicted molar refractivity (Wildman–Crippen MR) is 239 cm³/mol. The number of hydrogen-bond donors (Lipinski definition) is 2. The van der Waals surface area contributed by atoms with Crippen LogP contribution in [0, 0.1) is 11.6 Å². The topological polar surface area (TPSA) is 224 Å². The highest BCUT2D eigenvalue weighted by atomic mass is 19.1. The number of anilines is 2. The van der Waals surface area contributed by atoms with E-state index in [1.54, 1.807) is 0 Å². The molecule has 2 aromatic carbocycles. The van der Waals surface area contributed by atoms with Crippen molar-refractivity contribution in [1.29, 1.82) is 0 Å². The van der Waals surface area contributed by atoms with Gasteiger partial charge in [-0.15, -0.1) is 0 Å². The molecule has 0 amide bonds. The molecule has 4 aromatic rings. The summed E-state index contributed by atoms with van der Waals surface area (Å²) in [6.45, 7) is 4.55. The second-order valence-electron chi connectivity index (χ2n) is 15.2. The third-order valence-electron chi connectivity index (χ3n) is 10.4. The van der Waals surface area contributed by atoms with Crippen LogP contribution in [0.2, 0.25) is 0 Å². The highest BCUT2D eigenvalue weighted by molar-refractivity contribution is 6.29. The van der Waals surface area contributed by atoms with E-state index in [4.69, 9.17) is 18.9 Å². The van der Waals surface area contributed by atoms with Crippen LogP contribution in [0.4, 0.5) is 20.4 Å². The van der Waals surface area contributed by atoms with Gasteiger partial charge >= 0.3 is 23.3 Å². The number of esters is 2. The van der Waals surface area contributed by atoms with Crippen molar-refractivity contribution in [2.45, 2.75) is 26.7 Å². The summed E-state index contributed by atoms with van der Waals surface area (Å²) in [7, 11) is 5.75. The molecule has 0 aliphatic heterocycles. The Hall–Kier alpha value is -6.94. The molecule has 0 fully saturated rings. The largest absolute Gasteiger partial charge is 0.490 e. The Morgan fingerprint density at radius 3 is 1.26 bits per heavy atom. The first-order valence-corrected chi connectivity index (χ1v) is 21.0. The fraction of sp³-hybridized carbons (Fsp3) is 0.455. The zero-order valence-electron chi connectivity index (χ0n) is 37.9. The van der Waals surface area contributed by atoms with Crippen molar-refractivity contribution in [3.8, 4) is 11.5 Å². The number of aromatic nitrogens is 4. The monoisotopic (exact) mass is 926 g/mol. The number of ether oxygens (including phenoxy) is 4. The van der Waals surface area contributed by atoms with E-state index in [1.165, 1.54) is 87.6 Å². The number of nitrogens with one attached hydrogen (secondary N) is 2. The van der Waals surface area contributed by atoms with Crippen LogP contribution in [0.5, 0.6) is 11.5 Å². The van der Waals surface area contributed by atoms with E-state index in [1.807, 2.05) is 9.80 Å². The van der Waals surface area contributed by atoms with Crippen LogP contribution in [0.15, 0.2) is 67.7 Å². The number of rotatable bonds is 26. The number of Topliss-reactive ketones (excluding diaryl/α,β-unsaturated/α-hetero) is 2. The molecule has 0 atom stereocenters. The molecule has 22 heteroatoms. The normalized spacial score (nSPS) is 11.1. The van der Waals surface area contributed by atoms with Crippen LogP contribution in [0.3, 0.4) is 0 Å². The maximum Gasteiger partial charge on any atom is 0.417 e. The first-order valence-electron chi connectivity index (χ1n) is 21.0. The quantitative estimate of drug-likeness (QED) is 0.0392. The molecule has 2 aromatic heterocycles. The molecule has 0 radical (unpaired) electrons. The van der Waals surface area contributed by atoms with Gasteiger partial charge in [0.05, 0.1) is 13.2 Å². The first-order chi connectivity index (χ1) is 31.4. The minimum atomic E-state index is -1.23. The molecule has 2 heterocycles. The van der Waals surface area contributed by atoms with Crippen LogP contribution in [0.25, 0.3) is 0 Å². The Kier molecular flexibility index (Phi) is 19.5. The lowest BCUT2D eigenvalue weighted by Crippen LogP contribution is -2.39. The summed E-state index contributed by atoms with van der Waals surface area (Å²) in [5, 5.41) is 6.10. The zero-order chi connectivity index (χ0) is 48.5. The van der Waals surface area contributed by atoms with E-state index in [0.717, 1.165) is 21.3 Å². The number of carbonyl (C=O) groups excluding carboxylic acids is 4. The minimum absolute atomic E-state index is 0.0276. The van der Waals surface area contributed by atoms with Crippen LogP contribution >= 0.6 is 0 Å². The molecule has 0 aliphatic carbocycles. The van der Waals surface area contributed by atoms with Gasteiger partial charge in [0.15, 0.2) is 34.7 Å². The summed E-state index contributed by atoms with van der Waals surface area (Å²) in [6.07, 6.45) is 0.777. The van der Waals surface area contributed by atoms with Gasteiger partial charge in [0, 0.05) is 104 Å². The van der Waals surface area contributed by atoms with Crippen molar-refractivity contribution in [2.24, 2.45) is 28.2 Å². The Morgan fingerprint density at radius 1 is 0.530 bits per heavy atom. The number of benzene rings is 2. The van der Waals surface area contributed by atoms with E-state index in [9.17, 15) is 47.1 Å². The molecule has 0 bridgehead atoms. The molecule has 0 spiro atoms. The van der Waals surface area contributed by atoms with Crippen molar-refractivity contribution >= 4 is 35.1 Å². The van der Waals surface area contributed by atoms with E-state index in [0.29, 0.717) is 39.0 Å². The Bertz CT molecular complexity index is 2430.